The van der Waals surface area contributed by atoms with Crippen molar-refractivity contribution < 1.29 is 24.0 Å². The highest BCUT2D eigenvalue weighted by Gasteiger charge is 2.65. The Bertz CT molecular complexity index is 976. The minimum absolute atomic E-state index is 0.128. The average molecular weight is 379 g/mol. The highest BCUT2D eigenvalue weighted by atomic mass is 16.6. The van der Waals surface area contributed by atoms with Crippen LogP contribution in [0.5, 0.6) is 5.75 Å². The van der Waals surface area contributed by atoms with Crippen molar-refractivity contribution in [2.45, 2.75) is 13.0 Å². The van der Waals surface area contributed by atoms with Crippen molar-refractivity contribution >= 4 is 23.6 Å². The Morgan fingerprint density at radius 3 is 2.14 bits per heavy atom. The third-order valence-corrected chi connectivity index (χ3v) is 4.93. The van der Waals surface area contributed by atoms with Gasteiger partial charge in [0.2, 0.25) is 5.41 Å². The quantitative estimate of drug-likeness (QED) is 0.792. The molecule has 4 amide bonds. The standard InChI is InChI=1S/C20H17N3O5/c1-11-3-5-13(6-4-11)16-20(17(24)21-19(26)22-18(20)25)15(23-28-16)12-7-9-14(27-2)10-8-12/h3-10,16H,1-2H3,(H2,21,22,24,25,26). The molecule has 2 heterocycles. The molecule has 1 fully saturated rings. The van der Waals surface area contributed by atoms with Gasteiger partial charge in [0, 0.05) is 5.56 Å². The summed E-state index contributed by atoms with van der Waals surface area (Å²) in [6.45, 7) is 1.92. The van der Waals surface area contributed by atoms with Crippen LogP contribution in [-0.4, -0.2) is 30.7 Å². The van der Waals surface area contributed by atoms with Crippen molar-refractivity contribution in [2.75, 3.05) is 7.11 Å². The number of urea groups is 1. The number of amides is 4. The van der Waals surface area contributed by atoms with Gasteiger partial charge in [0.15, 0.2) is 6.10 Å². The predicted octanol–water partition coefficient (Wildman–Crippen LogP) is 1.83. The fourth-order valence-corrected chi connectivity index (χ4v) is 3.45. The number of benzene rings is 2. The fraction of sp³-hybridized carbons (Fsp3) is 0.200. The highest BCUT2D eigenvalue weighted by Crippen LogP contribution is 2.46. The highest BCUT2D eigenvalue weighted by molar-refractivity contribution is 6.36. The second-order valence-electron chi connectivity index (χ2n) is 6.61. The molecule has 0 aliphatic carbocycles. The van der Waals surface area contributed by atoms with Crippen molar-refractivity contribution in [3.63, 3.8) is 0 Å². The van der Waals surface area contributed by atoms with Crippen LogP contribution in [0, 0.1) is 12.3 Å². The Morgan fingerprint density at radius 2 is 1.57 bits per heavy atom. The van der Waals surface area contributed by atoms with Crippen molar-refractivity contribution in [3.8, 4) is 5.75 Å². The van der Waals surface area contributed by atoms with E-state index in [9.17, 15) is 14.4 Å². The van der Waals surface area contributed by atoms with E-state index in [-0.39, 0.29) is 5.71 Å². The first-order valence-electron chi connectivity index (χ1n) is 8.59. The number of methoxy groups -OCH3 is 1. The maximum absolute atomic E-state index is 13.0. The first kappa shape index (κ1) is 17.7. The SMILES string of the molecule is COc1ccc(C2=NOC(c3ccc(C)cc3)C23C(=O)NC(=O)NC3=O)cc1. The molecular formula is C20H17N3O5. The van der Waals surface area contributed by atoms with Gasteiger partial charge in [-0.2, -0.15) is 0 Å². The predicted molar refractivity (Wildman–Crippen MR) is 98.7 cm³/mol. The van der Waals surface area contributed by atoms with Crippen LogP contribution in [0.15, 0.2) is 53.7 Å². The number of hydrogen-bond donors (Lipinski definition) is 2. The normalized spacial score (nSPS) is 20.3. The van der Waals surface area contributed by atoms with E-state index in [1.165, 1.54) is 7.11 Å². The molecule has 2 aromatic carbocycles. The van der Waals surface area contributed by atoms with E-state index >= 15 is 0 Å². The molecule has 8 heteroatoms. The van der Waals surface area contributed by atoms with Crippen LogP contribution in [0.1, 0.15) is 22.8 Å². The molecule has 2 aliphatic heterocycles. The third-order valence-electron chi connectivity index (χ3n) is 4.93. The molecule has 1 saturated heterocycles. The van der Waals surface area contributed by atoms with Gasteiger partial charge in [-0.3, -0.25) is 20.2 Å². The molecule has 2 aromatic rings. The molecule has 1 atom stereocenters. The molecular weight excluding hydrogens is 362 g/mol. The van der Waals surface area contributed by atoms with Crippen LogP contribution >= 0.6 is 0 Å². The number of barbiturate groups is 1. The summed E-state index contributed by atoms with van der Waals surface area (Å²) in [6, 6.07) is 13.1. The van der Waals surface area contributed by atoms with Gasteiger partial charge in [-0.1, -0.05) is 35.0 Å². The fourth-order valence-electron chi connectivity index (χ4n) is 3.45. The number of carbonyl (C=O) groups is 3. The Morgan fingerprint density at radius 1 is 0.964 bits per heavy atom. The molecule has 142 valence electrons. The molecule has 0 aromatic heterocycles. The summed E-state index contributed by atoms with van der Waals surface area (Å²) < 4.78 is 5.15. The summed E-state index contributed by atoms with van der Waals surface area (Å²) in [5.41, 5.74) is 0.410. The molecule has 1 unspecified atom stereocenters. The zero-order chi connectivity index (χ0) is 19.9. The van der Waals surface area contributed by atoms with Crippen molar-refractivity contribution in [1.82, 2.24) is 10.6 Å². The summed E-state index contributed by atoms with van der Waals surface area (Å²) in [6.07, 6.45) is -1.02. The van der Waals surface area contributed by atoms with E-state index in [1.807, 2.05) is 19.1 Å². The number of imide groups is 2. The number of hydrogen-bond acceptors (Lipinski definition) is 6. The molecule has 0 bridgehead atoms. The maximum atomic E-state index is 13.0. The van der Waals surface area contributed by atoms with Crippen LogP contribution in [-0.2, 0) is 14.4 Å². The lowest BCUT2D eigenvalue weighted by Crippen LogP contribution is -2.66. The molecule has 8 nitrogen and oxygen atoms in total. The van der Waals surface area contributed by atoms with E-state index < -0.39 is 29.4 Å². The van der Waals surface area contributed by atoms with Gasteiger partial charge in [-0.25, -0.2) is 4.79 Å². The molecule has 0 radical (unpaired) electrons. The topological polar surface area (TPSA) is 106 Å². The minimum atomic E-state index is -1.84. The monoisotopic (exact) mass is 379 g/mol. The summed E-state index contributed by atoms with van der Waals surface area (Å²) in [4.78, 5) is 43.3. The molecule has 1 spiro atoms. The Balaban J connectivity index is 1.86. The lowest BCUT2D eigenvalue weighted by molar-refractivity contribution is -0.146. The summed E-state index contributed by atoms with van der Waals surface area (Å²) in [7, 11) is 1.54. The van der Waals surface area contributed by atoms with Crippen molar-refractivity contribution in [2.24, 2.45) is 10.6 Å². The number of oxime groups is 1. The number of rotatable bonds is 3. The summed E-state index contributed by atoms with van der Waals surface area (Å²) >= 11 is 0. The Hall–Kier alpha value is -3.68. The Labute approximate surface area is 160 Å². The van der Waals surface area contributed by atoms with Gasteiger partial charge >= 0.3 is 6.03 Å². The first-order valence-corrected chi connectivity index (χ1v) is 8.59. The van der Waals surface area contributed by atoms with E-state index in [0.717, 1.165) is 5.56 Å². The van der Waals surface area contributed by atoms with Gasteiger partial charge in [0.1, 0.15) is 11.5 Å². The average Bonchev–Trinajstić information content (AvgIpc) is 3.08. The zero-order valence-electron chi connectivity index (χ0n) is 15.2. The van der Waals surface area contributed by atoms with Crippen LogP contribution < -0.4 is 15.4 Å². The zero-order valence-corrected chi connectivity index (χ0v) is 15.2. The van der Waals surface area contributed by atoms with E-state index in [1.54, 1.807) is 36.4 Å². The molecule has 2 N–H and O–H groups in total. The van der Waals surface area contributed by atoms with Gasteiger partial charge in [0.05, 0.1) is 7.11 Å². The first-order chi connectivity index (χ1) is 13.5. The van der Waals surface area contributed by atoms with E-state index in [2.05, 4.69) is 15.8 Å². The minimum Gasteiger partial charge on any atom is -0.497 e. The van der Waals surface area contributed by atoms with E-state index in [0.29, 0.717) is 16.9 Å². The van der Waals surface area contributed by atoms with Crippen molar-refractivity contribution in [1.29, 1.82) is 0 Å². The summed E-state index contributed by atoms with van der Waals surface area (Å²) in [5.74, 6) is -0.946. The molecule has 2 aliphatic rings. The van der Waals surface area contributed by atoms with Crippen LogP contribution in [0.4, 0.5) is 4.79 Å². The second kappa shape index (κ2) is 6.49. The third kappa shape index (κ3) is 2.53. The van der Waals surface area contributed by atoms with Gasteiger partial charge in [-0.05, 0) is 36.8 Å². The second-order valence-corrected chi connectivity index (χ2v) is 6.61. The van der Waals surface area contributed by atoms with Gasteiger partial charge < -0.3 is 9.57 Å². The lowest BCUT2D eigenvalue weighted by Gasteiger charge is -2.34. The van der Waals surface area contributed by atoms with Gasteiger partial charge in [-0.15, -0.1) is 0 Å². The van der Waals surface area contributed by atoms with E-state index in [4.69, 9.17) is 9.57 Å². The number of aryl methyl sites for hydroxylation is 1. The number of ether oxygens (including phenoxy) is 1. The number of carbonyl (C=O) groups excluding carboxylic acids is 3. The van der Waals surface area contributed by atoms with Gasteiger partial charge in [0.25, 0.3) is 11.8 Å². The van der Waals surface area contributed by atoms with Crippen molar-refractivity contribution in [3.05, 3.63) is 65.2 Å². The Kier molecular flexibility index (Phi) is 4.11. The van der Waals surface area contributed by atoms with Crippen LogP contribution in [0.25, 0.3) is 0 Å². The smallest absolute Gasteiger partial charge is 0.328 e. The largest absolute Gasteiger partial charge is 0.497 e. The van der Waals surface area contributed by atoms with Crippen LogP contribution in [0.2, 0.25) is 0 Å². The van der Waals surface area contributed by atoms with Crippen LogP contribution in [0.3, 0.4) is 0 Å². The maximum Gasteiger partial charge on any atom is 0.328 e. The lowest BCUT2D eigenvalue weighted by atomic mass is 9.70. The summed E-state index contributed by atoms with van der Waals surface area (Å²) in [5, 5.41) is 8.45. The molecule has 0 saturated carbocycles. The molecule has 28 heavy (non-hydrogen) atoms. The number of nitrogens with zero attached hydrogens (tertiary/aromatic N) is 1. The molecule has 4 rings (SSSR count). The number of nitrogens with one attached hydrogen (secondary N) is 2.